The minimum Gasteiger partial charge on any atom is -0.487 e. The monoisotopic (exact) mass is 411 g/mol. The molecule has 3 N–H and O–H groups in total. The molecule has 0 saturated heterocycles. The molecule has 4 atom stereocenters. The van der Waals surface area contributed by atoms with E-state index in [1.807, 2.05) is 29.8 Å². The lowest BCUT2D eigenvalue weighted by Gasteiger charge is -2.25. The maximum atomic E-state index is 14.6. The summed E-state index contributed by atoms with van der Waals surface area (Å²) < 4.78 is 22.7. The lowest BCUT2D eigenvalue weighted by molar-refractivity contribution is -0.0166. The fraction of sp³-hybridized carbons (Fsp3) is 0.435. The number of aryl methyl sites for hydroxylation is 2. The van der Waals surface area contributed by atoms with Crippen molar-refractivity contribution in [3.8, 4) is 5.75 Å². The van der Waals surface area contributed by atoms with Crippen molar-refractivity contribution in [2.45, 2.75) is 57.6 Å². The van der Waals surface area contributed by atoms with Gasteiger partial charge in [0.1, 0.15) is 35.5 Å². The number of nitrogens with zero attached hydrogens (tertiary/aromatic N) is 2. The first-order chi connectivity index (χ1) is 14.5. The topological polar surface area (TPSA) is 79.5 Å². The lowest BCUT2D eigenvalue weighted by atomic mass is 9.96. The maximum Gasteiger partial charge on any atom is 0.140 e. The summed E-state index contributed by atoms with van der Waals surface area (Å²) in [6.45, 7) is 5.01. The zero-order valence-corrected chi connectivity index (χ0v) is 17.1. The van der Waals surface area contributed by atoms with Gasteiger partial charge in [-0.3, -0.25) is 0 Å². The smallest absolute Gasteiger partial charge is 0.140 e. The molecule has 3 aromatic rings. The molecule has 5 rings (SSSR count). The van der Waals surface area contributed by atoms with Gasteiger partial charge >= 0.3 is 0 Å². The van der Waals surface area contributed by atoms with Crippen LogP contribution in [0.3, 0.4) is 0 Å². The van der Waals surface area contributed by atoms with Gasteiger partial charge in [0, 0.05) is 36.3 Å². The fourth-order valence-electron chi connectivity index (χ4n) is 4.84. The van der Waals surface area contributed by atoms with E-state index in [4.69, 9.17) is 4.74 Å². The SMILES string of the molecule is Cc1cc(O[C@H]2C[C@@H](n3ccc4c(C)ccnc43)[C@H](O)[C@@H]2O)c2c(c1F)CCNC2. The predicted octanol–water partition coefficient (Wildman–Crippen LogP) is 2.55. The van der Waals surface area contributed by atoms with Crippen molar-refractivity contribution in [1.82, 2.24) is 14.9 Å². The van der Waals surface area contributed by atoms with Crippen LogP contribution in [0.4, 0.5) is 4.39 Å². The van der Waals surface area contributed by atoms with Gasteiger partial charge in [-0.15, -0.1) is 0 Å². The normalized spacial score (nSPS) is 26.2. The second-order valence-corrected chi connectivity index (χ2v) is 8.42. The predicted molar refractivity (Wildman–Crippen MR) is 111 cm³/mol. The van der Waals surface area contributed by atoms with Crippen molar-refractivity contribution in [3.05, 3.63) is 58.7 Å². The van der Waals surface area contributed by atoms with Gasteiger partial charge < -0.3 is 24.8 Å². The number of aliphatic hydroxyl groups is 2. The molecule has 0 bridgehead atoms. The summed E-state index contributed by atoms with van der Waals surface area (Å²) in [5.41, 5.74) is 3.92. The molecule has 2 aromatic heterocycles. The second-order valence-electron chi connectivity index (χ2n) is 8.42. The quantitative estimate of drug-likeness (QED) is 0.617. The van der Waals surface area contributed by atoms with Gasteiger partial charge in [0.15, 0.2) is 0 Å². The number of fused-ring (bicyclic) bond motifs is 2. The van der Waals surface area contributed by atoms with Gasteiger partial charge in [-0.25, -0.2) is 9.37 Å². The van der Waals surface area contributed by atoms with Gasteiger partial charge in [0.2, 0.25) is 0 Å². The molecule has 7 heteroatoms. The number of aliphatic hydroxyl groups excluding tert-OH is 2. The van der Waals surface area contributed by atoms with E-state index in [1.165, 1.54) is 0 Å². The fourth-order valence-corrected chi connectivity index (χ4v) is 4.84. The molecule has 1 fully saturated rings. The molecule has 0 unspecified atom stereocenters. The number of pyridine rings is 1. The number of benzene rings is 1. The molecular weight excluding hydrogens is 385 g/mol. The number of hydrogen-bond acceptors (Lipinski definition) is 5. The third kappa shape index (κ3) is 3.00. The highest BCUT2D eigenvalue weighted by atomic mass is 19.1. The van der Waals surface area contributed by atoms with E-state index in [9.17, 15) is 14.6 Å². The Hall–Kier alpha value is -2.48. The summed E-state index contributed by atoms with van der Waals surface area (Å²) >= 11 is 0. The van der Waals surface area contributed by atoms with E-state index < -0.39 is 18.3 Å². The number of hydrogen-bond donors (Lipinski definition) is 3. The molecule has 0 amide bonds. The van der Waals surface area contributed by atoms with Gasteiger partial charge in [-0.2, -0.15) is 0 Å². The van der Waals surface area contributed by atoms with Crippen LogP contribution in [-0.2, 0) is 13.0 Å². The van der Waals surface area contributed by atoms with Crippen LogP contribution >= 0.6 is 0 Å². The maximum absolute atomic E-state index is 14.6. The van der Waals surface area contributed by atoms with Crippen molar-refractivity contribution in [2.75, 3.05) is 6.54 Å². The Kier molecular flexibility index (Phi) is 4.76. The standard InChI is InChI=1S/C23H26FN3O3/c1-12-3-7-26-23-14(12)5-8-27(23)17-10-19(22(29)21(17)28)30-18-9-13(2)20(24)15-4-6-25-11-16(15)18/h3,5,7-9,17,19,21-22,25,28-29H,4,6,10-11H2,1-2H3/t17-,19+,21+,22-/m1/s1. The van der Waals surface area contributed by atoms with Gasteiger partial charge in [0.05, 0.1) is 6.04 Å². The van der Waals surface area contributed by atoms with E-state index in [0.29, 0.717) is 36.3 Å². The number of halogens is 1. The molecule has 0 radical (unpaired) electrons. The summed E-state index contributed by atoms with van der Waals surface area (Å²) in [6, 6.07) is 5.28. The summed E-state index contributed by atoms with van der Waals surface area (Å²) in [5, 5.41) is 25.8. The molecule has 3 heterocycles. The molecule has 1 aliphatic heterocycles. The van der Waals surface area contributed by atoms with Crippen LogP contribution in [0.2, 0.25) is 0 Å². The first-order valence-electron chi connectivity index (χ1n) is 10.4. The van der Waals surface area contributed by atoms with Crippen molar-refractivity contribution in [2.24, 2.45) is 0 Å². The van der Waals surface area contributed by atoms with Crippen LogP contribution < -0.4 is 10.1 Å². The number of nitrogens with one attached hydrogen (secondary N) is 1. The van der Waals surface area contributed by atoms with Crippen LogP contribution in [0, 0.1) is 19.7 Å². The highest BCUT2D eigenvalue weighted by Gasteiger charge is 2.44. The van der Waals surface area contributed by atoms with Crippen molar-refractivity contribution >= 4 is 11.0 Å². The zero-order valence-electron chi connectivity index (χ0n) is 17.1. The van der Waals surface area contributed by atoms with Crippen LogP contribution in [0.15, 0.2) is 30.6 Å². The average Bonchev–Trinajstić information content (AvgIpc) is 3.29. The molecule has 6 nitrogen and oxygen atoms in total. The van der Waals surface area contributed by atoms with E-state index in [-0.39, 0.29) is 11.9 Å². The third-order valence-corrected chi connectivity index (χ3v) is 6.54. The van der Waals surface area contributed by atoms with Crippen LogP contribution in [-0.4, -0.2) is 44.6 Å². The highest BCUT2D eigenvalue weighted by Crippen LogP contribution is 2.38. The summed E-state index contributed by atoms with van der Waals surface area (Å²) in [6.07, 6.45) is 2.07. The number of aromatic nitrogens is 2. The Morgan fingerprint density at radius 2 is 2.00 bits per heavy atom. The van der Waals surface area contributed by atoms with E-state index in [0.717, 1.165) is 28.7 Å². The van der Waals surface area contributed by atoms with Gasteiger partial charge in [0.25, 0.3) is 0 Å². The first-order valence-corrected chi connectivity index (χ1v) is 10.4. The summed E-state index contributed by atoms with van der Waals surface area (Å²) in [5.74, 6) is 0.406. The minimum absolute atomic E-state index is 0.177. The van der Waals surface area contributed by atoms with Crippen molar-refractivity contribution in [1.29, 1.82) is 0 Å². The first kappa shape index (κ1) is 19.5. The average molecular weight is 411 g/mol. The Morgan fingerprint density at radius 3 is 2.83 bits per heavy atom. The Morgan fingerprint density at radius 1 is 1.17 bits per heavy atom. The van der Waals surface area contributed by atoms with E-state index in [1.54, 1.807) is 19.2 Å². The Labute approximate surface area is 174 Å². The highest BCUT2D eigenvalue weighted by molar-refractivity contribution is 5.79. The molecule has 1 saturated carbocycles. The largest absolute Gasteiger partial charge is 0.487 e. The molecule has 1 aromatic carbocycles. The zero-order chi connectivity index (χ0) is 21.0. The Balaban J connectivity index is 1.46. The van der Waals surface area contributed by atoms with Crippen molar-refractivity contribution < 1.29 is 19.3 Å². The number of ether oxygens (including phenoxy) is 1. The van der Waals surface area contributed by atoms with Crippen molar-refractivity contribution in [3.63, 3.8) is 0 Å². The molecular formula is C23H26FN3O3. The van der Waals surface area contributed by atoms with Crippen LogP contribution in [0.1, 0.15) is 34.7 Å². The van der Waals surface area contributed by atoms with Crippen LogP contribution in [0.5, 0.6) is 5.75 Å². The van der Waals surface area contributed by atoms with E-state index >= 15 is 0 Å². The number of rotatable bonds is 3. The van der Waals surface area contributed by atoms with E-state index in [2.05, 4.69) is 10.3 Å². The Bertz CT molecular complexity index is 1110. The van der Waals surface area contributed by atoms with Crippen LogP contribution in [0.25, 0.3) is 11.0 Å². The summed E-state index contributed by atoms with van der Waals surface area (Å²) in [7, 11) is 0. The molecule has 158 valence electrons. The lowest BCUT2D eigenvalue weighted by Crippen LogP contribution is -2.35. The van der Waals surface area contributed by atoms with Gasteiger partial charge in [-0.1, -0.05) is 0 Å². The molecule has 1 aliphatic carbocycles. The molecule has 0 spiro atoms. The second kappa shape index (κ2) is 7.34. The third-order valence-electron chi connectivity index (χ3n) is 6.54. The summed E-state index contributed by atoms with van der Waals surface area (Å²) in [4.78, 5) is 4.47. The molecule has 30 heavy (non-hydrogen) atoms. The minimum atomic E-state index is -1.05. The molecule has 2 aliphatic rings. The van der Waals surface area contributed by atoms with Gasteiger partial charge in [-0.05, 0) is 61.7 Å².